The third kappa shape index (κ3) is 9.31. The normalized spacial score (nSPS) is 12.3. The van der Waals surface area contributed by atoms with Gasteiger partial charge in [-0.25, -0.2) is 0 Å². The number of fused-ring (bicyclic) bond motifs is 6. The van der Waals surface area contributed by atoms with E-state index in [2.05, 4.69) is 347 Å². The van der Waals surface area contributed by atoms with Gasteiger partial charge in [-0.1, -0.05) is 194 Å². The Bertz CT molecular complexity index is 4500. The Morgan fingerprint density at radius 2 is 0.488 bits per heavy atom. The number of benzene rings is 14. The van der Waals surface area contributed by atoms with Crippen LogP contribution in [0.5, 0.6) is 0 Å². The summed E-state index contributed by atoms with van der Waals surface area (Å²) >= 11 is 0. The summed E-state index contributed by atoms with van der Waals surface area (Å²) in [6, 6.07) is 120. The van der Waals surface area contributed by atoms with Crippen molar-refractivity contribution in [1.29, 1.82) is 0 Å². The molecule has 0 radical (unpaired) electrons. The second-order valence-corrected chi connectivity index (χ2v) is 22.6. The number of hydrogen-bond acceptors (Lipinski definition) is 4. The first-order valence-corrected chi connectivity index (χ1v) is 29.7. The molecule has 0 unspecified atom stereocenters. The fourth-order valence-corrected chi connectivity index (χ4v) is 13.2. The summed E-state index contributed by atoms with van der Waals surface area (Å²) in [5, 5.41) is 4.91. The van der Waals surface area contributed by atoms with Crippen molar-refractivity contribution >= 4 is 89.8 Å². The van der Waals surface area contributed by atoms with E-state index in [0.717, 1.165) is 69.5 Å². The molecule has 14 aromatic carbocycles. The third-order valence-electron chi connectivity index (χ3n) is 17.3. The summed E-state index contributed by atoms with van der Waals surface area (Å²) in [5.41, 5.74) is 26.0. The highest BCUT2D eigenvalue weighted by molar-refractivity contribution is 5.95. The van der Waals surface area contributed by atoms with E-state index in [0.29, 0.717) is 0 Å². The minimum atomic E-state index is 0.810. The van der Waals surface area contributed by atoms with Crippen molar-refractivity contribution in [3.63, 3.8) is 0 Å². The van der Waals surface area contributed by atoms with Crippen LogP contribution in [-0.2, 0) is 12.8 Å². The molecular weight excluding hydrogens is 1040 g/mol. The largest absolute Gasteiger partial charge is 0.310 e. The third-order valence-corrected chi connectivity index (χ3v) is 17.3. The van der Waals surface area contributed by atoms with E-state index in [1.54, 1.807) is 0 Å². The molecule has 2 heterocycles. The lowest BCUT2D eigenvalue weighted by Gasteiger charge is -2.35. The van der Waals surface area contributed by atoms with Gasteiger partial charge >= 0.3 is 0 Å². The molecule has 86 heavy (non-hydrogen) atoms. The molecule has 2 aliphatic rings. The topological polar surface area (TPSA) is 13.0 Å². The predicted octanol–water partition coefficient (Wildman–Crippen LogP) is 22.7. The van der Waals surface area contributed by atoms with E-state index in [4.69, 9.17) is 0 Å². The average Bonchev–Trinajstić information content (AvgIpc) is 1.23. The zero-order valence-electron chi connectivity index (χ0n) is 47.4. The zero-order chi connectivity index (χ0) is 56.9. The molecule has 0 aromatic heterocycles. The predicted molar refractivity (Wildman–Crippen MR) is 362 cm³/mol. The van der Waals surface area contributed by atoms with Crippen LogP contribution in [0.4, 0.5) is 68.2 Å². The molecule has 0 amide bonds. The van der Waals surface area contributed by atoms with Crippen LogP contribution in [0.15, 0.2) is 328 Å². The maximum absolute atomic E-state index is 2.46. The van der Waals surface area contributed by atoms with Crippen molar-refractivity contribution in [2.24, 2.45) is 0 Å². The molecule has 0 spiro atoms. The van der Waals surface area contributed by atoms with Crippen LogP contribution < -0.4 is 19.6 Å². The lowest BCUT2D eigenvalue weighted by atomic mass is 9.91. The van der Waals surface area contributed by atoms with Crippen LogP contribution in [0, 0.1) is 0 Å². The molecule has 0 saturated carbocycles. The summed E-state index contributed by atoms with van der Waals surface area (Å²) in [6.07, 6.45) is 1.62. The molecule has 0 bridgehead atoms. The van der Waals surface area contributed by atoms with Gasteiger partial charge in [0.15, 0.2) is 0 Å². The molecule has 0 N–H and O–H groups in total. The zero-order valence-corrected chi connectivity index (χ0v) is 47.4. The molecule has 16 rings (SSSR count). The highest BCUT2D eigenvalue weighted by atomic mass is 15.2. The van der Waals surface area contributed by atoms with Crippen LogP contribution in [0.1, 0.15) is 22.3 Å². The summed E-state index contributed by atoms with van der Waals surface area (Å²) < 4.78 is 0. The van der Waals surface area contributed by atoms with Gasteiger partial charge in [0.05, 0.1) is 0 Å². The maximum atomic E-state index is 2.46. The molecule has 4 heteroatoms. The van der Waals surface area contributed by atoms with Gasteiger partial charge in [0, 0.05) is 81.1 Å². The summed E-state index contributed by atoms with van der Waals surface area (Å²) in [4.78, 5) is 9.70. The van der Waals surface area contributed by atoms with Crippen molar-refractivity contribution in [3.8, 4) is 33.4 Å². The van der Waals surface area contributed by atoms with E-state index in [1.165, 1.54) is 88.8 Å². The van der Waals surface area contributed by atoms with E-state index >= 15 is 0 Å². The highest BCUT2D eigenvalue weighted by Gasteiger charge is 2.29. The molecule has 0 fully saturated rings. The molecule has 0 atom stereocenters. The Morgan fingerprint density at radius 3 is 0.884 bits per heavy atom. The lowest BCUT2D eigenvalue weighted by Crippen LogP contribution is -2.19. The Balaban J connectivity index is 0.731. The fourth-order valence-electron chi connectivity index (χ4n) is 13.2. The Morgan fingerprint density at radius 1 is 0.198 bits per heavy atom. The first-order chi connectivity index (χ1) is 42.6. The quantitative estimate of drug-likeness (QED) is 0.128. The van der Waals surface area contributed by atoms with Crippen LogP contribution in [0.2, 0.25) is 0 Å². The Labute approximate surface area is 502 Å². The molecule has 2 aliphatic heterocycles. The minimum absolute atomic E-state index is 0.810. The van der Waals surface area contributed by atoms with Crippen LogP contribution in [0.3, 0.4) is 0 Å². The number of nitrogens with zero attached hydrogens (tertiary/aromatic N) is 4. The van der Waals surface area contributed by atoms with Gasteiger partial charge in [0.2, 0.25) is 0 Å². The first kappa shape index (κ1) is 50.5. The van der Waals surface area contributed by atoms with E-state index in [-0.39, 0.29) is 0 Å². The number of rotatable bonds is 11. The number of anilines is 12. The number of hydrogen-bond donors (Lipinski definition) is 0. The van der Waals surface area contributed by atoms with Crippen molar-refractivity contribution in [1.82, 2.24) is 0 Å². The van der Waals surface area contributed by atoms with Gasteiger partial charge in [0.1, 0.15) is 0 Å². The Hall–Kier alpha value is -11.2. The van der Waals surface area contributed by atoms with Gasteiger partial charge in [-0.3, -0.25) is 0 Å². The average molecular weight is 1100 g/mol. The summed E-state index contributed by atoms with van der Waals surface area (Å²) in [7, 11) is 0. The second-order valence-electron chi connectivity index (χ2n) is 22.6. The minimum Gasteiger partial charge on any atom is -0.310 e. The lowest BCUT2D eigenvalue weighted by molar-refractivity contribution is 1.08. The molecular formula is C82H58N4. The van der Waals surface area contributed by atoms with Crippen LogP contribution in [-0.4, -0.2) is 0 Å². The molecule has 0 saturated heterocycles. The van der Waals surface area contributed by atoms with Crippen molar-refractivity contribution in [3.05, 3.63) is 350 Å². The smallest absolute Gasteiger partial charge is 0.0498 e. The fraction of sp³-hybridized carbons (Fsp3) is 0.0244. The van der Waals surface area contributed by atoms with Crippen LogP contribution in [0.25, 0.3) is 54.9 Å². The first-order valence-electron chi connectivity index (χ1n) is 29.7. The van der Waals surface area contributed by atoms with Crippen LogP contribution >= 0.6 is 0 Å². The van der Waals surface area contributed by atoms with E-state index in [9.17, 15) is 0 Å². The standard InChI is InChI=1S/C82H58N4/c1-5-17-57(18-6-1)65-35-45-79-67(49-65)51-69-55-75(43-47-81(69)85(79)77-41-33-59-21-13-15-23-63(59)53-77)83(71-25-9-3-10-26-71)73-37-29-61(30-38-73)62-31-39-74(40-32-62)84(72-27-11-4-12-28-72)76-44-48-82-70(56-76)52-68-50-66(58-19-7-2-8-20-58)36-46-80(68)86(82)78-42-34-60-22-14-16-24-64(60)54-78/h1-50,53-56H,51-52H2. The van der Waals surface area contributed by atoms with Crippen molar-refractivity contribution in [2.75, 3.05) is 19.6 Å². The van der Waals surface area contributed by atoms with Gasteiger partial charge in [-0.05, 0) is 211 Å². The maximum Gasteiger partial charge on any atom is 0.0498 e. The van der Waals surface area contributed by atoms with E-state index in [1.807, 2.05) is 0 Å². The van der Waals surface area contributed by atoms with Crippen molar-refractivity contribution in [2.45, 2.75) is 12.8 Å². The Kier molecular flexibility index (Phi) is 12.6. The van der Waals surface area contributed by atoms with E-state index < -0.39 is 0 Å². The molecule has 0 aliphatic carbocycles. The van der Waals surface area contributed by atoms with Gasteiger partial charge in [-0.2, -0.15) is 0 Å². The summed E-state index contributed by atoms with van der Waals surface area (Å²) in [6.45, 7) is 0. The SMILES string of the molecule is c1ccc(-c2ccc3c(c2)Cc2cc(N(c4ccccc4)c4ccc(-c5ccc(N(c6ccccc6)c6ccc7c(c6)Cc6cc(-c8ccccc8)ccc6N7c6ccc7ccccc7c6)cc5)cc4)ccc2N3c2ccc3ccccc3c2)cc1. The van der Waals surface area contributed by atoms with Crippen molar-refractivity contribution < 1.29 is 0 Å². The highest BCUT2D eigenvalue weighted by Crippen LogP contribution is 2.50. The molecule has 4 nitrogen and oxygen atoms in total. The molecule has 14 aromatic rings. The number of para-hydroxylation sites is 2. The van der Waals surface area contributed by atoms with Gasteiger partial charge < -0.3 is 19.6 Å². The molecule has 406 valence electrons. The second kappa shape index (κ2) is 21.5. The summed E-state index contributed by atoms with van der Waals surface area (Å²) in [5.74, 6) is 0. The monoisotopic (exact) mass is 1100 g/mol. The van der Waals surface area contributed by atoms with Gasteiger partial charge in [-0.15, -0.1) is 0 Å². The van der Waals surface area contributed by atoms with Gasteiger partial charge in [0.25, 0.3) is 0 Å².